The second-order valence-corrected chi connectivity index (χ2v) is 6.78. The Morgan fingerprint density at radius 2 is 2.08 bits per heavy atom. The van der Waals surface area contributed by atoms with Gasteiger partial charge in [0.2, 0.25) is 0 Å². The zero-order chi connectivity index (χ0) is 16.9. The molecule has 0 radical (unpaired) electrons. The largest absolute Gasteiger partial charge is 0.459 e. The maximum Gasteiger partial charge on any atom is 0.291 e. The topological polar surface area (TPSA) is 91.6 Å². The quantitative estimate of drug-likeness (QED) is 0.700. The number of rotatable bonds is 6. The number of aryl methyl sites for hydroxylation is 1. The predicted molar refractivity (Wildman–Crippen MR) is 91.7 cm³/mol. The van der Waals surface area contributed by atoms with Crippen LogP contribution in [0, 0.1) is 0 Å². The number of fused-ring (bicyclic) bond motifs is 1. The van der Waals surface area contributed by atoms with Crippen LogP contribution in [0.4, 0.5) is 5.00 Å². The Morgan fingerprint density at radius 1 is 1.25 bits per heavy atom. The molecule has 2 aromatic rings. The van der Waals surface area contributed by atoms with Gasteiger partial charge in [0.25, 0.3) is 11.8 Å². The van der Waals surface area contributed by atoms with Crippen molar-refractivity contribution in [2.24, 2.45) is 0 Å². The molecule has 0 aliphatic heterocycles. The van der Waals surface area contributed by atoms with Crippen LogP contribution in [0.5, 0.6) is 0 Å². The summed E-state index contributed by atoms with van der Waals surface area (Å²) in [6.45, 7) is 0.440. The van der Waals surface area contributed by atoms with Crippen molar-refractivity contribution >= 4 is 28.2 Å². The maximum atomic E-state index is 12.6. The minimum atomic E-state index is -0.358. The summed E-state index contributed by atoms with van der Waals surface area (Å²) in [5.41, 5.74) is 1.61. The Labute approximate surface area is 143 Å². The highest BCUT2D eigenvalue weighted by Gasteiger charge is 2.26. The van der Waals surface area contributed by atoms with E-state index >= 15 is 0 Å². The summed E-state index contributed by atoms with van der Waals surface area (Å²) in [5, 5.41) is 15.1. The molecule has 0 aromatic carbocycles. The molecular formula is C17H20N2O4S. The third-order valence-electron chi connectivity index (χ3n) is 3.99. The number of carbonyl (C=O) groups excluding carboxylic acids is 2. The molecule has 128 valence electrons. The van der Waals surface area contributed by atoms with E-state index in [0.717, 1.165) is 31.2 Å². The van der Waals surface area contributed by atoms with Crippen LogP contribution in [-0.2, 0) is 12.8 Å². The van der Waals surface area contributed by atoms with Crippen LogP contribution in [0.15, 0.2) is 22.8 Å². The minimum Gasteiger partial charge on any atom is -0.459 e. The average Bonchev–Trinajstić information content (AvgIpc) is 3.22. The van der Waals surface area contributed by atoms with Crippen LogP contribution in [0.2, 0.25) is 0 Å². The molecule has 2 heterocycles. The number of thiophene rings is 1. The van der Waals surface area contributed by atoms with Gasteiger partial charge in [-0.1, -0.05) is 0 Å². The van der Waals surface area contributed by atoms with Gasteiger partial charge in [-0.25, -0.2) is 0 Å². The highest BCUT2D eigenvalue weighted by atomic mass is 32.1. The lowest BCUT2D eigenvalue weighted by Crippen LogP contribution is -2.27. The van der Waals surface area contributed by atoms with E-state index < -0.39 is 0 Å². The normalized spacial score (nSPS) is 13.4. The number of carbonyl (C=O) groups is 2. The molecule has 0 unspecified atom stereocenters. The molecule has 3 rings (SSSR count). The summed E-state index contributed by atoms with van der Waals surface area (Å²) in [6, 6.07) is 3.24. The molecular weight excluding hydrogens is 328 g/mol. The summed E-state index contributed by atoms with van der Waals surface area (Å²) in [5.74, 6) is -0.339. The first-order valence-electron chi connectivity index (χ1n) is 8.09. The van der Waals surface area contributed by atoms with Crippen molar-refractivity contribution in [2.45, 2.75) is 32.1 Å². The summed E-state index contributed by atoms with van der Waals surface area (Å²) in [7, 11) is 0. The van der Waals surface area contributed by atoms with Gasteiger partial charge in [-0.3, -0.25) is 9.59 Å². The van der Waals surface area contributed by atoms with E-state index in [1.54, 1.807) is 12.1 Å². The van der Waals surface area contributed by atoms with Crippen molar-refractivity contribution in [3.8, 4) is 0 Å². The monoisotopic (exact) mass is 348 g/mol. The molecule has 2 amide bonds. The number of anilines is 1. The zero-order valence-electron chi connectivity index (χ0n) is 13.3. The molecule has 7 heteroatoms. The molecule has 3 N–H and O–H groups in total. The first kappa shape index (κ1) is 16.7. The Kier molecular flexibility index (Phi) is 5.32. The Bertz CT molecular complexity index is 721. The number of furan rings is 1. The van der Waals surface area contributed by atoms with E-state index in [-0.39, 0.29) is 24.2 Å². The van der Waals surface area contributed by atoms with Crippen molar-refractivity contribution in [3.05, 3.63) is 40.2 Å². The summed E-state index contributed by atoms with van der Waals surface area (Å²) in [6.07, 6.45) is 5.89. The van der Waals surface area contributed by atoms with E-state index in [9.17, 15) is 9.59 Å². The van der Waals surface area contributed by atoms with Crippen LogP contribution in [0.3, 0.4) is 0 Å². The van der Waals surface area contributed by atoms with E-state index in [1.807, 2.05) is 0 Å². The SMILES string of the molecule is O=C(Nc1sc2c(c1C(=O)NCCCO)CCCC2)c1ccco1. The van der Waals surface area contributed by atoms with Crippen LogP contribution in [0.1, 0.15) is 50.6 Å². The van der Waals surface area contributed by atoms with Gasteiger partial charge in [-0.15, -0.1) is 11.3 Å². The maximum absolute atomic E-state index is 12.6. The highest BCUT2D eigenvalue weighted by molar-refractivity contribution is 7.17. The second-order valence-electron chi connectivity index (χ2n) is 5.68. The zero-order valence-corrected chi connectivity index (χ0v) is 14.1. The molecule has 0 atom stereocenters. The standard InChI is InChI=1S/C17H20N2O4S/c20-9-4-8-18-16(22)14-11-5-1-2-7-13(11)24-17(14)19-15(21)12-6-3-10-23-12/h3,6,10,20H,1-2,4-5,7-9H2,(H,18,22)(H,19,21). The van der Waals surface area contributed by atoms with Gasteiger partial charge in [0, 0.05) is 18.0 Å². The molecule has 0 saturated carbocycles. The van der Waals surface area contributed by atoms with Crippen molar-refractivity contribution in [1.82, 2.24) is 5.32 Å². The Balaban J connectivity index is 1.85. The molecule has 2 aromatic heterocycles. The number of hydrogen-bond acceptors (Lipinski definition) is 5. The van der Waals surface area contributed by atoms with Gasteiger partial charge in [-0.2, -0.15) is 0 Å². The number of aliphatic hydroxyl groups is 1. The van der Waals surface area contributed by atoms with E-state index in [1.165, 1.54) is 22.5 Å². The highest BCUT2D eigenvalue weighted by Crippen LogP contribution is 2.38. The third-order valence-corrected chi connectivity index (χ3v) is 5.20. The molecule has 1 aliphatic carbocycles. The molecule has 24 heavy (non-hydrogen) atoms. The van der Waals surface area contributed by atoms with E-state index in [2.05, 4.69) is 10.6 Å². The molecule has 1 aliphatic rings. The summed E-state index contributed by atoms with van der Waals surface area (Å²) >= 11 is 1.47. The minimum absolute atomic E-state index is 0.0319. The lowest BCUT2D eigenvalue weighted by Gasteiger charge is -2.13. The van der Waals surface area contributed by atoms with Crippen LogP contribution < -0.4 is 10.6 Å². The molecule has 0 bridgehead atoms. The first-order chi connectivity index (χ1) is 11.7. The van der Waals surface area contributed by atoms with Crippen molar-refractivity contribution in [2.75, 3.05) is 18.5 Å². The lowest BCUT2D eigenvalue weighted by atomic mass is 9.95. The van der Waals surface area contributed by atoms with Gasteiger partial charge in [0.1, 0.15) is 5.00 Å². The average molecular weight is 348 g/mol. The van der Waals surface area contributed by atoms with Gasteiger partial charge in [-0.05, 0) is 49.8 Å². The summed E-state index contributed by atoms with van der Waals surface area (Å²) < 4.78 is 5.11. The van der Waals surface area contributed by atoms with Gasteiger partial charge in [0.15, 0.2) is 5.76 Å². The van der Waals surface area contributed by atoms with Crippen LogP contribution >= 0.6 is 11.3 Å². The van der Waals surface area contributed by atoms with E-state index in [0.29, 0.717) is 23.5 Å². The van der Waals surface area contributed by atoms with Gasteiger partial charge < -0.3 is 20.2 Å². The Morgan fingerprint density at radius 3 is 2.83 bits per heavy atom. The number of amides is 2. The molecule has 0 saturated heterocycles. The fraction of sp³-hybridized carbons (Fsp3) is 0.412. The van der Waals surface area contributed by atoms with Gasteiger partial charge in [0.05, 0.1) is 11.8 Å². The molecule has 6 nitrogen and oxygen atoms in total. The molecule has 0 spiro atoms. The lowest BCUT2D eigenvalue weighted by molar-refractivity contribution is 0.0951. The van der Waals surface area contributed by atoms with Crippen molar-refractivity contribution in [1.29, 1.82) is 0 Å². The predicted octanol–water partition coefficient (Wildman–Crippen LogP) is 2.58. The third kappa shape index (κ3) is 3.52. The number of aliphatic hydroxyl groups excluding tert-OH is 1. The van der Waals surface area contributed by atoms with Crippen molar-refractivity contribution < 1.29 is 19.1 Å². The molecule has 0 fully saturated rings. The fourth-order valence-corrected chi connectivity index (χ4v) is 4.12. The first-order valence-corrected chi connectivity index (χ1v) is 8.91. The fourth-order valence-electron chi connectivity index (χ4n) is 2.84. The van der Waals surface area contributed by atoms with Crippen LogP contribution in [0.25, 0.3) is 0 Å². The van der Waals surface area contributed by atoms with Crippen molar-refractivity contribution in [3.63, 3.8) is 0 Å². The smallest absolute Gasteiger partial charge is 0.291 e. The van der Waals surface area contributed by atoms with Crippen LogP contribution in [-0.4, -0.2) is 30.1 Å². The Hall–Kier alpha value is -2.12. The van der Waals surface area contributed by atoms with Gasteiger partial charge >= 0.3 is 0 Å². The second kappa shape index (κ2) is 7.63. The number of nitrogens with one attached hydrogen (secondary N) is 2. The van der Waals surface area contributed by atoms with E-state index in [4.69, 9.17) is 9.52 Å². The number of hydrogen-bond donors (Lipinski definition) is 3. The summed E-state index contributed by atoms with van der Waals surface area (Å²) in [4.78, 5) is 26.0.